The molecule has 2 heteroatoms. The van der Waals surface area contributed by atoms with Crippen LogP contribution >= 0.6 is 31.9 Å². The summed E-state index contributed by atoms with van der Waals surface area (Å²) >= 11 is 7.26. The van der Waals surface area contributed by atoms with Gasteiger partial charge in [-0.1, -0.05) is 80.4 Å². The quantitative estimate of drug-likeness (QED) is 0.440. The Morgan fingerprint density at radius 3 is 1.95 bits per heavy atom. The van der Waals surface area contributed by atoms with E-state index in [2.05, 4.69) is 99.4 Å². The third kappa shape index (κ3) is 3.12. The first kappa shape index (κ1) is 14.6. The van der Waals surface area contributed by atoms with Crippen LogP contribution in [0.1, 0.15) is 5.56 Å². The molecule has 0 N–H and O–H groups in total. The van der Waals surface area contributed by atoms with E-state index in [9.17, 15) is 0 Å². The van der Waals surface area contributed by atoms with Crippen LogP contribution in [0.25, 0.3) is 22.3 Å². The van der Waals surface area contributed by atoms with E-state index in [1.165, 1.54) is 27.8 Å². The van der Waals surface area contributed by atoms with Gasteiger partial charge in [0.25, 0.3) is 0 Å². The summed E-state index contributed by atoms with van der Waals surface area (Å²) in [5, 5.41) is 0. The number of hydrogen-bond acceptors (Lipinski definition) is 0. The largest absolute Gasteiger partial charge is 0.0616 e. The Bertz CT molecular complexity index is 771. The average molecular weight is 402 g/mol. The maximum atomic E-state index is 3.66. The van der Waals surface area contributed by atoms with E-state index < -0.39 is 0 Å². The average Bonchev–Trinajstić information content (AvgIpc) is 2.47. The molecule has 0 saturated heterocycles. The molecule has 0 aliphatic rings. The molecular formula is C19H14Br2. The molecule has 0 aliphatic heterocycles. The number of rotatable bonds is 2. The number of benzene rings is 3. The molecule has 0 radical (unpaired) electrons. The highest BCUT2D eigenvalue weighted by Gasteiger charge is 2.10. The minimum Gasteiger partial charge on any atom is -0.0616 e. The zero-order valence-electron chi connectivity index (χ0n) is 11.6. The molecule has 0 saturated carbocycles. The molecule has 0 spiro atoms. The van der Waals surface area contributed by atoms with E-state index in [4.69, 9.17) is 0 Å². The van der Waals surface area contributed by atoms with Gasteiger partial charge in [-0.05, 0) is 52.9 Å². The van der Waals surface area contributed by atoms with E-state index in [0.29, 0.717) is 0 Å². The highest BCUT2D eigenvalue weighted by molar-refractivity contribution is 9.10. The van der Waals surface area contributed by atoms with Gasteiger partial charge in [-0.15, -0.1) is 0 Å². The van der Waals surface area contributed by atoms with Crippen LogP contribution in [-0.2, 0) is 0 Å². The topological polar surface area (TPSA) is 0 Å². The second-order valence-corrected chi connectivity index (χ2v) is 6.81. The van der Waals surface area contributed by atoms with Crippen LogP contribution in [0.3, 0.4) is 0 Å². The van der Waals surface area contributed by atoms with Crippen LogP contribution in [-0.4, -0.2) is 0 Å². The second-order valence-electron chi connectivity index (χ2n) is 5.04. The number of aryl methyl sites for hydroxylation is 1. The van der Waals surface area contributed by atoms with Crippen molar-refractivity contribution in [3.63, 3.8) is 0 Å². The van der Waals surface area contributed by atoms with Gasteiger partial charge in [0.05, 0.1) is 0 Å². The molecule has 0 heterocycles. The molecule has 3 aromatic carbocycles. The van der Waals surface area contributed by atoms with Crippen molar-refractivity contribution in [3.05, 3.63) is 81.2 Å². The molecule has 21 heavy (non-hydrogen) atoms. The third-order valence-electron chi connectivity index (χ3n) is 3.44. The Hall–Kier alpha value is -1.38. The number of hydrogen-bond donors (Lipinski definition) is 0. The van der Waals surface area contributed by atoms with Gasteiger partial charge < -0.3 is 0 Å². The van der Waals surface area contributed by atoms with Gasteiger partial charge in [-0.2, -0.15) is 0 Å². The van der Waals surface area contributed by atoms with Gasteiger partial charge in [0, 0.05) is 8.95 Å². The van der Waals surface area contributed by atoms with E-state index in [1.807, 2.05) is 6.07 Å². The summed E-state index contributed by atoms with van der Waals surface area (Å²) in [7, 11) is 0. The SMILES string of the molecule is Cc1cc(Br)cc(-c2ccccc2-c2ccccc2Br)c1. The Morgan fingerprint density at radius 2 is 1.29 bits per heavy atom. The standard InChI is InChI=1S/C19H14Br2/c1-13-10-14(12-15(20)11-13)16-6-2-3-7-17(16)18-8-4-5-9-19(18)21/h2-12H,1H3. The molecule has 0 fully saturated rings. The highest BCUT2D eigenvalue weighted by Crippen LogP contribution is 2.36. The first-order valence-corrected chi connectivity index (χ1v) is 8.35. The van der Waals surface area contributed by atoms with E-state index in [-0.39, 0.29) is 0 Å². The summed E-state index contributed by atoms with van der Waals surface area (Å²) in [5.74, 6) is 0. The predicted octanol–water partition coefficient (Wildman–Crippen LogP) is 6.85. The maximum absolute atomic E-state index is 3.66. The second kappa shape index (κ2) is 6.17. The Morgan fingerprint density at radius 1 is 0.667 bits per heavy atom. The van der Waals surface area contributed by atoms with Crippen LogP contribution < -0.4 is 0 Å². The van der Waals surface area contributed by atoms with Gasteiger partial charge in [-0.25, -0.2) is 0 Å². The molecule has 0 unspecified atom stereocenters. The summed E-state index contributed by atoms with van der Waals surface area (Å²) in [6, 6.07) is 23.4. The predicted molar refractivity (Wildman–Crippen MR) is 97.5 cm³/mol. The fourth-order valence-electron chi connectivity index (χ4n) is 2.54. The fourth-order valence-corrected chi connectivity index (χ4v) is 3.65. The molecule has 104 valence electrons. The molecule has 3 rings (SSSR count). The van der Waals surface area contributed by atoms with Gasteiger partial charge in [0.2, 0.25) is 0 Å². The lowest BCUT2D eigenvalue weighted by Gasteiger charge is -2.12. The van der Waals surface area contributed by atoms with Crippen molar-refractivity contribution < 1.29 is 0 Å². The molecule has 3 aromatic rings. The molecule has 0 aromatic heterocycles. The van der Waals surface area contributed by atoms with Gasteiger partial charge >= 0.3 is 0 Å². The van der Waals surface area contributed by atoms with Crippen LogP contribution in [0, 0.1) is 6.92 Å². The lowest BCUT2D eigenvalue weighted by atomic mass is 9.94. The normalized spacial score (nSPS) is 10.6. The zero-order valence-corrected chi connectivity index (χ0v) is 14.8. The zero-order chi connectivity index (χ0) is 14.8. The Balaban J connectivity index is 2.23. The molecule has 0 amide bonds. The van der Waals surface area contributed by atoms with Gasteiger partial charge in [0.1, 0.15) is 0 Å². The molecule has 0 bridgehead atoms. The van der Waals surface area contributed by atoms with Crippen LogP contribution in [0.15, 0.2) is 75.7 Å². The van der Waals surface area contributed by atoms with Crippen molar-refractivity contribution in [2.24, 2.45) is 0 Å². The first-order valence-electron chi connectivity index (χ1n) is 6.76. The van der Waals surface area contributed by atoms with Crippen molar-refractivity contribution in [2.45, 2.75) is 6.92 Å². The van der Waals surface area contributed by atoms with E-state index in [0.717, 1.165) is 8.95 Å². The van der Waals surface area contributed by atoms with Crippen molar-refractivity contribution >= 4 is 31.9 Å². The Kier molecular flexibility index (Phi) is 4.27. The summed E-state index contributed by atoms with van der Waals surface area (Å²) in [6.45, 7) is 2.12. The van der Waals surface area contributed by atoms with Crippen LogP contribution in [0.4, 0.5) is 0 Å². The third-order valence-corrected chi connectivity index (χ3v) is 4.59. The summed E-state index contributed by atoms with van der Waals surface area (Å²) in [6.07, 6.45) is 0. The monoisotopic (exact) mass is 400 g/mol. The highest BCUT2D eigenvalue weighted by atomic mass is 79.9. The smallest absolute Gasteiger partial charge is 0.0253 e. The molecular weight excluding hydrogens is 388 g/mol. The lowest BCUT2D eigenvalue weighted by Crippen LogP contribution is -1.87. The van der Waals surface area contributed by atoms with Crippen molar-refractivity contribution in [1.82, 2.24) is 0 Å². The minimum absolute atomic E-state index is 1.11. The molecule has 0 atom stereocenters. The number of halogens is 2. The van der Waals surface area contributed by atoms with E-state index >= 15 is 0 Å². The first-order chi connectivity index (χ1) is 10.1. The summed E-state index contributed by atoms with van der Waals surface area (Å²) in [4.78, 5) is 0. The van der Waals surface area contributed by atoms with Crippen molar-refractivity contribution in [2.75, 3.05) is 0 Å². The summed E-state index contributed by atoms with van der Waals surface area (Å²) < 4.78 is 2.23. The van der Waals surface area contributed by atoms with Crippen molar-refractivity contribution in [1.29, 1.82) is 0 Å². The van der Waals surface area contributed by atoms with Gasteiger partial charge in [-0.3, -0.25) is 0 Å². The van der Waals surface area contributed by atoms with Crippen LogP contribution in [0.2, 0.25) is 0 Å². The fraction of sp³-hybridized carbons (Fsp3) is 0.0526. The molecule has 0 aliphatic carbocycles. The Labute approximate surface area is 142 Å². The van der Waals surface area contributed by atoms with E-state index in [1.54, 1.807) is 0 Å². The van der Waals surface area contributed by atoms with Crippen LogP contribution in [0.5, 0.6) is 0 Å². The molecule has 0 nitrogen and oxygen atoms in total. The minimum atomic E-state index is 1.11. The summed E-state index contributed by atoms with van der Waals surface area (Å²) in [5.41, 5.74) is 6.18. The lowest BCUT2D eigenvalue weighted by molar-refractivity contribution is 1.44. The van der Waals surface area contributed by atoms with Gasteiger partial charge in [0.15, 0.2) is 0 Å². The van der Waals surface area contributed by atoms with Crippen molar-refractivity contribution in [3.8, 4) is 22.3 Å². The maximum Gasteiger partial charge on any atom is 0.0253 e.